The van der Waals surface area contributed by atoms with Crippen LogP contribution in [0.5, 0.6) is 0 Å². The zero-order chi connectivity index (χ0) is 48.6. The quantitative estimate of drug-likeness (QED) is 0.0262. The van der Waals surface area contributed by atoms with Crippen LogP contribution in [-0.2, 0) is 28.6 Å². The van der Waals surface area contributed by atoms with E-state index < -0.39 is 6.10 Å². The number of carbonyl (C=O) groups is 3. The van der Waals surface area contributed by atoms with Gasteiger partial charge in [0.1, 0.15) is 13.2 Å². The van der Waals surface area contributed by atoms with Crippen molar-refractivity contribution in [1.82, 2.24) is 0 Å². The summed E-state index contributed by atoms with van der Waals surface area (Å²) in [6, 6.07) is 0. The summed E-state index contributed by atoms with van der Waals surface area (Å²) < 4.78 is 16.7. The molecule has 6 nitrogen and oxygen atoms in total. The number of esters is 3. The Kier molecular flexibility index (Phi) is 51.0. The van der Waals surface area contributed by atoms with Crippen LogP contribution in [0, 0.1) is 0 Å². The zero-order valence-electron chi connectivity index (χ0n) is 43.1. The summed E-state index contributed by atoms with van der Waals surface area (Å²) in [6.07, 6.45) is 74.7. The predicted octanol–water partition coefficient (Wildman–Crippen LogP) is 18.1. The van der Waals surface area contributed by atoms with Crippen LogP contribution in [0.3, 0.4) is 0 Å². The molecule has 0 saturated carbocycles. The minimum absolute atomic E-state index is 0.118. The molecule has 0 saturated heterocycles. The van der Waals surface area contributed by atoms with Crippen molar-refractivity contribution in [1.29, 1.82) is 0 Å². The molecule has 6 heteroatoms. The molecule has 0 fully saturated rings. The van der Waals surface area contributed by atoms with E-state index in [1.165, 1.54) is 64.2 Å². The van der Waals surface area contributed by atoms with Crippen molar-refractivity contribution in [3.63, 3.8) is 0 Å². The zero-order valence-corrected chi connectivity index (χ0v) is 43.1. The van der Waals surface area contributed by atoms with E-state index in [0.29, 0.717) is 19.3 Å². The third-order valence-electron chi connectivity index (χ3n) is 10.9. The highest BCUT2D eigenvalue weighted by atomic mass is 16.6. The summed E-state index contributed by atoms with van der Waals surface area (Å²) in [7, 11) is 0. The fourth-order valence-corrected chi connectivity index (χ4v) is 6.87. The molecule has 0 aliphatic carbocycles. The van der Waals surface area contributed by atoms with Crippen molar-refractivity contribution < 1.29 is 28.6 Å². The Morgan fingerprint density at radius 1 is 0.313 bits per heavy atom. The van der Waals surface area contributed by atoms with Gasteiger partial charge in [-0.1, -0.05) is 200 Å². The minimum Gasteiger partial charge on any atom is -0.462 e. The molecule has 0 aromatic carbocycles. The van der Waals surface area contributed by atoms with Gasteiger partial charge in [0.25, 0.3) is 0 Å². The Hall–Kier alpha value is -4.19. The predicted molar refractivity (Wildman–Crippen MR) is 288 cm³/mol. The van der Waals surface area contributed by atoms with Crippen molar-refractivity contribution in [3.8, 4) is 0 Å². The van der Waals surface area contributed by atoms with Gasteiger partial charge in [0.15, 0.2) is 6.10 Å². The summed E-state index contributed by atoms with van der Waals surface area (Å²) in [4.78, 5) is 38.0. The summed E-state index contributed by atoms with van der Waals surface area (Å²) in [5, 5.41) is 0. The maximum absolute atomic E-state index is 12.8. The van der Waals surface area contributed by atoms with E-state index in [2.05, 4.69) is 142 Å². The monoisotopic (exact) mass is 927 g/mol. The summed E-state index contributed by atoms with van der Waals surface area (Å²) in [5.41, 5.74) is 0. The fourth-order valence-electron chi connectivity index (χ4n) is 6.87. The van der Waals surface area contributed by atoms with Crippen molar-refractivity contribution in [2.45, 2.75) is 232 Å². The Bertz CT molecular complexity index is 1440. The number of ether oxygens (including phenoxy) is 3. The van der Waals surface area contributed by atoms with Gasteiger partial charge in [-0.25, -0.2) is 0 Å². The van der Waals surface area contributed by atoms with E-state index >= 15 is 0 Å². The average Bonchev–Trinajstić information content (AvgIpc) is 3.33. The second kappa shape index (κ2) is 54.4. The molecule has 0 aliphatic rings. The number of carbonyl (C=O) groups excluding carboxylic acids is 3. The van der Waals surface area contributed by atoms with Crippen LogP contribution in [0.2, 0.25) is 0 Å². The van der Waals surface area contributed by atoms with Crippen LogP contribution in [0.25, 0.3) is 0 Å². The van der Waals surface area contributed by atoms with Crippen LogP contribution in [0.15, 0.2) is 122 Å². The third-order valence-corrected chi connectivity index (χ3v) is 10.9. The van der Waals surface area contributed by atoms with E-state index in [1.807, 2.05) is 0 Å². The molecule has 0 aromatic rings. The molecule has 0 unspecified atom stereocenters. The number of rotatable bonds is 47. The Labute approximate surface area is 412 Å². The Balaban J connectivity index is 4.56. The van der Waals surface area contributed by atoms with Crippen LogP contribution in [0.4, 0.5) is 0 Å². The van der Waals surface area contributed by atoms with Crippen molar-refractivity contribution >= 4 is 17.9 Å². The first-order valence-electron chi connectivity index (χ1n) is 27.0. The normalized spacial score (nSPS) is 13.1. The van der Waals surface area contributed by atoms with Gasteiger partial charge in [-0.2, -0.15) is 0 Å². The van der Waals surface area contributed by atoms with Crippen molar-refractivity contribution in [2.24, 2.45) is 0 Å². The molecular formula is C61H98O6. The largest absolute Gasteiger partial charge is 0.462 e. The van der Waals surface area contributed by atoms with E-state index in [4.69, 9.17) is 14.2 Å². The van der Waals surface area contributed by atoms with Crippen LogP contribution < -0.4 is 0 Å². The summed E-state index contributed by atoms with van der Waals surface area (Å²) in [6.45, 7) is 6.38. The first-order valence-corrected chi connectivity index (χ1v) is 27.0. The van der Waals surface area contributed by atoms with Gasteiger partial charge in [-0.05, 0) is 128 Å². The first-order chi connectivity index (χ1) is 33.0. The SMILES string of the molecule is CC/C=C/C/C=C/C/C=C/C/C=C/C/C=C/CCCCCC(=O)OC[C@@H](COC(=O)CCCCCCC/C=C/CCCCCC)OC(=O)CCC/C=C/C/C=C/C/C=C/C/C=C/CCCCC. The molecule has 0 bridgehead atoms. The van der Waals surface area contributed by atoms with Crippen molar-refractivity contribution in [3.05, 3.63) is 122 Å². The maximum atomic E-state index is 12.8. The molecule has 0 N–H and O–H groups in total. The summed E-state index contributed by atoms with van der Waals surface area (Å²) in [5.74, 6) is -1.02. The topological polar surface area (TPSA) is 78.9 Å². The van der Waals surface area contributed by atoms with Gasteiger partial charge in [0.2, 0.25) is 0 Å². The van der Waals surface area contributed by atoms with Gasteiger partial charge < -0.3 is 14.2 Å². The molecule has 0 aliphatic heterocycles. The first kappa shape index (κ1) is 62.8. The van der Waals surface area contributed by atoms with E-state index in [9.17, 15) is 14.4 Å². The molecular weight excluding hydrogens is 829 g/mol. The standard InChI is InChI=1S/C61H98O6/c1-4-7-10-13-16-19-22-25-27-29-30-32-33-36-39-42-45-48-51-54-60(63)66-57-58(56-65-59(62)53-50-47-44-41-38-35-24-21-18-15-12-9-6-3)67-61(64)55-52-49-46-43-40-37-34-31-28-26-23-20-17-14-11-8-5-2/h7,10,16-17,19-21,24-28,30,32,34,36-37,39,43,46,58H,4-6,8-9,11-15,18,22-23,29,31,33,35,38,40-42,44-45,47-57H2,1-3H3/b10-7+,19-16+,20-17+,24-21+,27-25+,28-26+,32-30+,37-34+,39-36+,46-43+/t58-/m1/s1. The molecule has 0 rings (SSSR count). The highest BCUT2D eigenvalue weighted by molar-refractivity contribution is 5.71. The average molecular weight is 927 g/mol. The number of hydrogen-bond acceptors (Lipinski definition) is 6. The van der Waals surface area contributed by atoms with Gasteiger partial charge in [0.05, 0.1) is 0 Å². The highest BCUT2D eigenvalue weighted by Gasteiger charge is 2.19. The van der Waals surface area contributed by atoms with Crippen molar-refractivity contribution in [2.75, 3.05) is 13.2 Å². The Morgan fingerprint density at radius 2 is 0.597 bits per heavy atom. The molecule has 67 heavy (non-hydrogen) atoms. The van der Waals surface area contributed by atoms with Gasteiger partial charge in [-0.3, -0.25) is 14.4 Å². The fraction of sp³-hybridized carbons (Fsp3) is 0.623. The van der Waals surface area contributed by atoms with Gasteiger partial charge in [-0.15, -0.1) is 0 Å². The van der Waals surface area contributed by atoms with Crippen LogP contribution in [0.1, 0.15) is 226 Å². The van der Waals surface area contributed by atoms with Crippen LogP contribution in [-0.4, -0.2) is 37.2 Å². The van der Waals surface area contributed by atoms with E-state index in [0.717, 1.165) is 116 Å². The molecule has 0 radical (unpaired) electrons. The maximum Gasteiger partial charge on any atom is 0.306 e. The number of hydrogen-bond donors (Lipinski definition) is 0. The second-order valence-electron chi connectivity index (χ2n) is 17.4. The molecule has 1 atom stereocenters. The van der Waals surface area contributed by atoms with E-state index in [-0.39, 0.29) is 37.5 Å². The molecule has 378 valence electrons. The molecule has 0 heterocycles. The smallest absolute Gasteiger partial charge is 0.306 e. The lowest BCUT2D eigenvalue weighted by Gasteiger charge is -2.18. The third kappa shape index (κ3) is 52.6. The van der Waals surface area contributed by atoms with E-state index in [1.54, 1.807) is 0 Å². The second-order valence-corrected chi connectivity index (χ2v) is 17.4. The van der Waals surface area contributed by atoms with Crippen LogP contribution >= 0.6 is 0 Å². The number of allylic oxidation sites excluding steroid dienone is 20. The lowest BCUT2D eigenvalue weighted by molar-refractivity contribution is -0.167. The lowest BCUT2D eigenvalue weighted by atomic mass is 10.1. The minimum atomic E-state index is -0.827. The number of unbranched alkanes of at least 4 members (excludes halogenated alkanes) is 16. The van der Waals surface area contributed by atoms with Gasteiger partial charge >= 0.3 is 17.9 Å². The Morgan fingerprint density at radius 3 is 1.01 bits per heavy atom. The summed E-state index contributed by atoms with van der Waals surface area (Å²) >= 11 is 0. The van der Waals surface area contributed by atoms with Gasteiger partial charge in [0, 0.05) is 19.3 Å². The highest BCUT2D eigenvalue weighted by Crippen LogP contribution is 2.12. The lowest BCUT2D eigenvalue weighted by Crippen LogP contribution is -2.30. The molecule has 0 spiro atoms. The molecule has 0 aromatic heterocycles. The molecule has 0 amide bonds.